The molecule has 2 N–H and O–H groups in total. The number of aromatic nitrogens is 1. The molecule has 3 amide bonds. The van der Waals surface area contributed by atoms with Gasteiger partial charge in [0.15, 0.2) is 6.61 Å². The quantitative estimate of drug-likeness (QED) is 0.818. The van der Waals surface area contributed by atoms with Gasteiger partial charge in [0.2, 0.25) is 0 Å². The van der Waals surface area contributed by atoms with E-state index in [-0.39, 0.29) is 6.04 Å². The average Bonchev–Trinajstić information content (AvgIpc) is 3.31. The molecule has 0 radical (unpaired) electrons. The van der Waals surface area contributed by atoms with Crippen molar-refractivity contribution in [1.82, 2.24) is 15.6 Å². The largest absolute Gasteiger partial charge is 0.452 e. The Morgan fingerprint density at radius 2 is 1.96 bits per heavy atom. The fraction of sp³-hybridized carbons (Fsp3) is 0.368. The van der Waals surface area contributed by atoms with E-state index in [2.05, 4.69) is 15.6 Å². The number of pyridine rings is 1. The molecule has 0 atom stereocenters. The van der Waals surface area contributed by atoms with Crippen molar-refractivity contribution < 1.29 is 19.1 Å². The molecule has 2 aliphatic rings. The lowest BCUT2D eigenvalue weighted by atomic mass is 10.0. The van der Waals surface area contributed by atoms with Crippen LogP contribution in [0.4, 0.5) is 4.79 Å². The highest BCUT2D eigenvalue weighted by molar-refractivity contribution is 6.06. The maximum atomic E-state index is 12.7. The first-order chi connectivity index (χ1) is 12.6. The second-order valence-corrected chi connectivity index (χ2v) is 6.65. The van der Waals surface area contributed by atoms with Crippen LogP contribution in [0.5, 0.6) is 0 Å². The molecule has 134 valence electrons. The minimum absolute atomic E-state index is 0.149. The van der Waals surface area contributed by atoms with Gasteiger partial charge >= 0.3 is 12.0 Å². The Labute approximate surface area is 150 Å². The number of fused-ring (bicyclic) bond motifs is 2. The topological polar surface area (TPSA) is 97.4 Å². The van der Waals surface area contributed by atoms with Crippen LogP contribution in [0.2, 0.25) is 0 Å². The molecule has 2 aliphatic carbocycles. The van der Waals surface area contributed by atoms with E-state index in [4.69, 9.17) is 4.74 Å². The zero-order valence-corrected chi connectivity index (χ0v) is 14.2. The molecule has 7 nitrogen and oxygen atoms in total. The van der Waals surface area contributed by atoms with Crippen LogP contribution in [0.25, 0.3) is 10.9 Å². The number of carbonyl (C=O) groups excluding carboxylic acids is 3. The second-order valence-electron chi connectivity index (χ2n) is 6.65. The Bertz CT molecular complexity index is 905. The number of benzene rings is 1. The number of hydrogen-bond acceptors (Lipinski definition) is 5. The summed E-state index contributed by atoms with van der Waals surface area (Å²) in [6.45, 7) is -0.498. The van der Waals surface area contributed by atoms with Crippen molar-refractivity contribution in [1.29, 1.82) is 0 Å². The molecule has 2 aromatic rings. The molecule has 0 spiro atoms. The summed E-state index contributed by atoms with van der Waals surface area (Å²) in [6.07, 6.45) is 4.41. The Morgan fingerprint density at radius 3 is 2.77 bits per heavy atom. The molecule has 1 aromatic heterocycles. The Hall–Kier alpha value is -2.96. The number of aryl methyl sites for hydroxylation is 1. The van der Waals surface area contributed by atoms with Crippen LogP contribution >= 0.6 is 0 Å². The predicted octanol–water partition coefficient (Wildman–Crippen LogP) is 1.87. The molecular weight excluding hydrogens is 334 g/mol. The van der Waals surface area contributed by atoms with E-state index in [1.165, 1.54) is 0 Å². The van der Waals surface area contributed by atoms with Crippen LogP contribution in [0.15, 0.2) is 24.3 Å². The molecule has 0 unspecified atom stereocenters. The molecular formula is C19H19N3O4. The third-order valence-corrected chi connectivity index (χ3v) is 4.62. The van der Waals surface area contributed by atoms with Crippen molar-refractivity contribution in [3.63, 3.8) is 0 Å². The van der Waals surface area contributed by atoms with E-state index >= 15 is 0 Å². The normalized spacial score (nSPS) is 15.4. The number of hydrogen-bond donors (Lipinski definition) is 2. The highest BCUT2D eigenvalue weighted by atomic mass is 16.5. The number of rotatable bonds is 4. The molecule has 1 heterocycles. The summed E-state index contributed by atoms with van der Waals surface area (Å²) in [6, 6.07) is 7.01. The zero-order valence-electron chi connectivity index (χ0n) is 14.2. The fourth-order valence-corrected chi connectivity index (χ4v) is 3.26. The summed E-state index contributed by atoms with van der Waals surface area (Å²) < 4.78 is 5.19. The van der Waals surface area contributed by atoms with Gasteiger partial charge < -0.3 is 10.1 Å². The third kappa shape index (κ3) is 3.37. The summed E-state index contributed by atoms with van der Waals surface area (Å²) in [4.78, 5) is 40.7. The van der Waals surface area contributed by atoms with E-state index < -0.39 is 24.5 Å². The van der Waals surface area contributed by atoms with Gasteiger partial charge in [0.25, 0.3) is 5.91 Å². The van der Waals surface area contributed by atoms with Crippen molar-refractivity contribution in [2.45, 2.75) is 38.1 Å². The number of carbonyl (C=O) groups is 3. The average molecular weight is 353 g/mol. The number of urea groups is 1. The van der Waals surface area contributed by atoms with Crippen LogP contribution < -0.4 is 10.6 Å². The van der Waals surface area contributed by atoms with Crippen LogP contribution in [0, 0.1) is 0 Å². The molecule has 0 saturated heterocycles. The Balaban J connectivity index is 1.48. The van der Waals surface area contributed by atoms with Gasteiger partial charge in [-0.1, -0.05) is 18.2 Å². The summed E-state index contributed by atoms with van der Waals surface area (Å²) in [5.41, 5.74) is 3.05. The minimum Gasteiger partial charge on any atom is -0.452 e. The molecule has 0 bridgehead atoms. The molecule has 7 heteroatoms. The molecule has 1 aromatic carbocycles. The molecule has 4 rings (SSSR count). The van der Waals surface area contributed by atoms with E-state index in [0.29, 0.717) is 5.56 Å². The van der Waals surface area contributed by atoms with E-state index in [1.807, 2.05) is 24.3 Å². The van der Waals surface area contributed by atoms with Crippen molar-refractivity contribution >= 4 is 28.8 Å². The van der Waals surface area contributed by atoms with Gasteiger partial charge in [-0.05, 0) is 43.7 Å². The van der Waals surface area contributed by atoms with E-state index in [1.54, 1.807) is 0 Å². The van der Waals surface area contributed by atoms with Crippen molar-refractivity contribution in [2.24, 2.45) is 0 Å². The van der Waals surface area contributed by atoms with Crippen molar-refractivity contribution in [2.75, 3.05) is 6.61 Å². The maximum Gasteiger partial charge on any atom is 0.339 e. The lowest BCUT2D eigenvalue weighted by Gasteiger charge is -2.12. The predicted molar refractivity (Wildman–Crippen MR) is 93.7 cm³/mol. The number of para-hydroxylation sites is 1. The van der Waals surface area contributed by atoms with E-state index in [0.717, 1.165) is 54.3 Å². The lowest BCUT2D eigenvalue weighted by molar-refractivity contribution is -0.123. The second kappa shape index (κ2) is 6.74. The third-order valence-electron chi connectivity index (χ3n) is 4.62. The standard InChI is InChI=1S/C19H19N3O4/c23-16(22-19(25)20-11-8-9-11)10-26-18(24)17-12-4-1-2-6-14(12)21-15-7-3-5-13(15)17/h1-2,4,6,11H,3,5,7-10H2,(H2,20,22,23,25). The number of nitrogens with zero attached hydrogens (tertiary/aromatic N) is 1. The number of amides is 3. The van der Waals surface area contributed by atoms with Crippen LogP contribution in [-0.4, -0.2) is 35.5 Å². The first-order valence-corrected chi connectivity index (χ1v) is 8.80. The monoisotopic (exact) mass is 353 g/mol. The smallest absolute Gasteiger partial charge is 0.339 e. The molecule has 1 fully saturated rings. The van der Waals surface area contributed by atoms with Gasteiger partial charge in [-0.25, -0.2) is 9.59 Å². The van der Waals surface area contributed by atoms with Gasteiger partial charge in [0.05, 0.1) is 11.1 Å². The SMILES string of the molecule is O=C(COC(=O)c1c2c(nc3ccccc13)CCC2)NC(=O)NC1CC1. The van der Waals surface area contributed by atoms with Crippen LogP contribution in [-0.2, 0) is 22.4 Å². The first-order valence-electron chi connectivity index (χ1n) is 8.80. The van der Waals surface area contributed by atoms with Gasteiger partial charge in [-0.15, -0.1) is 0 Å². The number of ether oxygens (including phenoxy) is 1. The first kappa shape index (κ1) is 16.5. The number of esters is 1. The summed E-state index contributed by atoms with van der Waals surface area (Å²) in [5.74, 6) is -1.20. The summed E-state index contributed by atoms with van der Waals surface area (Å²) in [7, 11) is 0. The van der Waals surface area contributed by atoms with Gasteiger partial charge in [-0.3, -0.25) is 15.1 Å². The zero-order chi connectivity index (χ0) is 18.1. The van der Waals surface area contributed by atoms with Gasteiger partial charge in [0.1, 0.15) is 0 Å². The molecule has 1 saturated carbocycles. The van der Waals surface area contributed by atoms with Crippen LogP contribution in [0.3, 0.4) is 0 Å². The highest BCUT2D eigenvalue weighted by Gasteiger charge is 2.26. The van der Waals surface area contributed by atoms with Gasteiger partial charge in [-0.2, -0.15) is 0 Å². The number of imide groups is 1. The highest BCUT2D eigenvalue weighted by Crippen LogP contribution is 2.30. The Morgan fingerprint density at radius 1 is 1.15 bits per heavy atom. The summed E-state index contributed by atoms with van der Waals surface area (Å²) >= 11 is 0. The molecule has 0 aliphatic heterocycles. The number of nitrogens with one attached hydrogen (secondary N) is 2. The Kier molecular flexibility index (Phi) is 4.28. The lowest BCUT2D eigenvalue weighted by Crippen LogP contribution is -2.42. The summed E-state index contributed by atoms with van der Waals surface area (Å²) in [5, 5.41) is 5.54. The fourth-order valence-electron chi connectivity index (χ4n) is 3.26. The maximum absolute atomic E-state index is 12.7. The van der Waals surface area contributed by atoms with Crippen molar-refractivity contribution in [3.05, 3.63) is 41.1 Å². The molecule has 26 heavy (non-hydrogen) atoms. The minimum atomic E-state index is -0.647. The van der Waals surface area contributed by atoms with Crippen molar-refractivity contribution in [3.8, 4) is 0 Å². The van der Waals surface area contributed by atoms with E-state index in [9.17, 15) is 14.4 Å². The van der Waals surface area contributed by atoms with Gasteiger partial charge in [0, 0.05) is 17.1 Å². The van der Waals surface area contributed by atoms with Crippen LogP contribution in [0.1, 0.15) is 40.9 Å².